The molecule has 0 bridgehead atoms. The van der Waals surface area contributed by atoms with Crippen LogP contribution in [0.2, 0.25) is 0 Å². The highest BCUT2D eigenvalue weighted by atomic mass is 32.2. The molecular weight excluding hydrogens is 236 g/mol. The van der Waals surface area contributed by atoms with Crippen molar-refractivity contribution in [2.75, 3.05) is 0 Å². The average Bonchev–Trinajstić information content (AvgIpc) is 2.75. The van der Waals surface area contributed by atoms with Crippen LogP contribution >= 0.6 is 11.8 Å². The molecule has 0 aliphatic rings. The zero-order valence-corrected chi connectivity index (χ0v) is 8.59. The summed E-state index contributed by atoms with van der Waals surface area (Å²) < 4.78 is 26.8. The van der Waals surface area contributed by atoms with Gasteiger partial charge in [0.05, 0.1) is 4.90 Å². The van der Waals surface area contributed by atoms with E-state index in [1.54, 1.807) is 0 Å². The van der Waals surface area contributed by atoms with E-state index in [1.807, 2.05) is 0 Å². The quantitative estimate of drug-likeness (QED) is 0.835. The molecular formula is C9H5F2N3OS. The first-order chi connectivity index (χ1) is 7.70. The third-order valence-corrected chi connectivity index (χ3v) is 2.73. The molecule has 2 rings (SSSR count). The predicted molar refractivity (Wildman–Crippen MR) is 52.3 cm³/mol. The lowest BCUT2D eigenvalue weighted by Gasteiger charge is -2.02. The van der Waals surface area contributed by atoms with E-state index in [0.717, 1.165) is 23.9 Å². The first kappa shape index (κ1) is 10.7. The molecule has 1 N–H and O–H groups in total. The summed E-state index contributed by atoms with van der Waals surface area (Å²) in [5, 5.41) is 6.30. The predicted octanol–water partition coefficient (Wildman–Crippen LogP) is 2.05. The molecule has 1 aromatic carbocycles. The zero-order chi connectivity index (χ0) is 11.5. The summed E-state index contributed by atoms with van der Waals surface area (Å²) >= 11 is 0.772. The van der Waals surface area contributed by atoms with Gasteiger partial charge in [-0.05, 0) is 23.9 Å². The molecule has 82 valence electrons. The standard InChI is InChI=1S/C9H5F2N3OS/c10-6-1-5(3-15)2-7(11)8(6)16-9-12-4-13-14-9/h1-4H,(H,12,13,14). The van der Waals surface area contributed by atoms with E-state index in [0.29, 0.717) is 6.29 Å². The normalized spacial score (nSPS) is 10.4. The second-order valence-corrected chi connectivity index (χ2v) is 3.82. The fraction of sp³-hybridized carbons (Fsp3) is 0. The van der Waals surface area contributed by atoms with Crippen molar-refractivity contribution < 1.29 is 13.6 Å². The Hall–Kier alpha value is -1.76. The third-order valence-electron chi connectivity index (χ3n) is 1.75. The van der Waals surface area contributed by atoms with E-state index < -0.39 is 11.6 Å². The molecule has 0 radical (unpaired) electrons. The molecule has 0 atom stereocenters. The van der Waals surface area contributed by atoms with Crippen molar-refractivity contribution in [1.29, 1.82) is 0 Å². The van der Waals surface area contributed by atoms with E-state index in [-0.39, 0.29) is 15.6 Å². The van der Waals surface area contributed by atoms with Gasteiger partial charge in [-0.3, -0.25) is 9.89 Å². The summed E-state index contributed by atoms with van der Waals surface area (Å²) in [5.74, 6) is -1.60. The molecule has 1 aromatic heterocycles. The maximum atomic E-state index is 13.4. The lowest BCUT2D eigenvalue weighted by atomic mass is 10.2. The number of halogens is 2. The number of aromatic amines is 1. The monoisotopic (exact) mass is 241 g/mol. The van der Waals surface area contributed by atoms with Crippen LogP contribution in [0, 0.1) is 11.6 Å². The van der Waals surface area contributed by atoms with Crippen LogP contribution in [0.25, 0.3) is 0 Å². The summed E-state index contributed by atoms with van der Waals surface area (Å²) in [4.78, 5) is 13.9. The summed E-state index contributed by atoms with van der Waals surface area (Å²) in [7, 11) is 0. The highest BCUT2D eigenvalue weighted by molar-refractivity contribution is 7.99. The molecule has 4 nitrogen and oxygen atoms in total. The summed E-state index contributed by atoms with van der Waals surface area (Å²) in [6.07, 6.45) is 1.62. The van der Waals surface area contributed by atoms with Gasteiger partial charge in [-0.25, -0.2) is 13.8 Å². The Labute approximate surface area is 93.1 Å². The van der Waals surface area contributed by atoms with Crippen LogP contribution in [0.1, 0.15) is 10.4 Å². The Balaban J connectivity index is 2.37. The van der Waals surface area contributed by atoms with Gasteiger partial charge in [-0.2, -0.15) is 5.10 Å². The average molecular weight is 241 g/mol. The second kappa shape index (κ2) is 4.40. The van der Waals surface area contributed by atoms with Crippen LogP contribution in [-0.4, -0.2) is 21.5 Å². The van der Waals surface area contributed by atoms with Gasteiger partial charge in [0.25, 0.3) is 0 Å². The second-order valence-electron chi connectivity index (χ2n) is 2.82. The van der Waals surface area contributed by atoms with Crippen molar-refractivity contribution in [2.45, 2.75) is 10.1 Å². The van der Waals surface area contributed by atoms with E-state index >= 15 is 0 Å². The smallest absolute Gasteiger partial charge is 0.188 e. The molecule has 0 aliphatic heterocycles. The van der Waals surface area contributed by atoms with Crippen LogP contribution in [-0.2, 0) is 0 Å². The number of nitrogens with one attached hydrogen (secondary N) is 1. The van der Waals surface area contributed by atoms with Gasteiger partial charge < -0.3 is 0 Å². The van der Waals surface area contributed by atoms with Crippen LogP contribution in [0.4, 0.5) is 8.78 Å². The number of aldehydes is 1. The number of hydrogen-bond donors (Lipinski definition) is 1. The Morgan fingerprint density at radius 2 is 2.00 bits per heavy atom. The number of hydrogen-bond acceptors (Lipinski definition) is 4. The Kier molecular flexibility index (Phi) is 2.95. The minimum atomic E-state index is -0.802. The van der Waals surface area contributed by atoms with Crippen molar-refractivity contribution in [3.63, 3.8) is 0 Å². The number of aromatic nitrogens is 3. The maximum absolute atomic E-state index is 13.4. The molecule has 0 saturated carbocycles. The van der Waals surface area contributed by atoms with Gasteiger partial charge in [0.15, 0.2) is 5.16 Å². The minimum absolute atomic E-state index is 0.0445. The first-order valence-corrected chi connectivity index (χ1v) is 5.00. The maximum Gasteiger partial charge on any atom is 0.188 e. The summed E-state index contributed by atoms with van der Waals surface area (Å²) in [6, 6.07) is 1.93. The van der Waals surface area contributed by atoms with Gasteiger partial charge in [-0.15, -0.1) is 0 Å². The van der Waals surface area contributed by atoms with E-state index in [9.17, 15) is 13.6 Å². The number of nitrogens with zero attached hydrogens (tertiary/aromatic N) is 2. The molecule has 0 unspecified atom stereocenters. The zero-order valence-electron chi connectivity index (χ0n) is 7.78. The van der Waals surface area contributed by atoms with Gasteiger partial charge >= 0.3 is 0 Å². The van der Waals surface area contributed by atoms with Crippen LogP contribution < -0.4 is 0 Å². The van der Waals surface area contributed by atoms with Crippen LogP contribution in [0.3, 0.4) is 0 Å². The highest BCUT2D eigenvalue weighted by Gasteiger charge is 2.13. The fourth-order valence-corrected chi connectivity index (χ4v) is 1.79. The lowest BCUT2D eigenvalue weighted by Crippen LogP contribution is -1.92. The van der Waals surface area contributed by atoms with Crippen molar-refractivity contribution in [2.24, 2.45) is 0 Å². The molecule has 0 aliphatic carbocycles. The number of benzene rings is 1. The first-order valence-electron chi connectivity index (χ1n) is 4.18. The molecule has 0 amide bonds. The third kappa shape index (κ3) is 2.08. The number of H-pyrrole nitrogens is 1. The highest BCUT2D eigenvalue weighted by Crippen LogP contribution is 2.29. The molecule has 7 heteroatoms. The SMILES string of the molecule is O=Cc1cc(F)c(Sc2ncn[nH]2)c(F)c1. The molecule has 2 aromatic rings. The van der Waals surface area contributed by atoms with Gasteiger partial charge in [0, 0.05) is 5.56 Å². The largest absolute Gasteiger partial charge is 0.298 e. The van der Waals surface area contributed by atoms with Gasteiger partial charge in [0.1, 0.15) is 24.2 Å². The molecule has 1 heterocycles. The van der Waals surface area contributed by atoms with E-state index in [1.165, 1.54) is 6.33 Å². The molecule has 0 saturated heterocycles. The Bertz CT molecular complexity index is 492. The van der Waals surface area contributed by atoms with Crippen molar-refractivity contribution in [1.82, 2.24) is 15.2 Å². The van der Waals surface area contributed by atoms with Gasteiger partial charge in [-0.1, -0.05) is 0 Å². The van der Waals surface area contributed by atoms with Crippen molar-refractivity contribution in [3.05, 3.63) is 35.7 Å². The van der Waals surface area contributed by atoms with Crippen molar-refractivity contribution >= 4 is 18.0 Å². The Morgan fingerprint density at radius 3 is 2.50 bits per heavy atom. The van der Waals surface area contributed by atoms with E-state index in [2.05, 4.69) is 15.2 Å². The summed E-state index contributed by atoms with van der Waals surface area (Å²) in [5.41, 5.74) is -0.0445. The number of rotatable bonds is 3. The summed E-state index contributed by atoms with van der Waals surface area (Å²) in [6.45, 7) is 0. The van der Waals surface area contributed by atoms with Crippen molar-refractivity contribution in [3.8, 4) is 0 Å². The van der Waals surface area contributed by atoms with E-state index in [4.69, 9.17) is 0 Å². The number of carbonyl (C=O) groups is 1. The fourth-order valence-electron chi connectivity index (χ4n) is 1.09. The Morgan fingerprint density at radius 1 is 1.31 bits per heavy atom. The molecule has 0 fully saturated rings. The molecule has 16 heavy (non-hydrogen) atoms. The van der Waals surface area contributed by atoms with Crippen LogP contribution in [0.15, 0.2) is 28.5 Å². The van der Waals surface area contributed by atoms with Crippen LogP contribution in [0.5, 0.6) is 0 Å². The van der Waals surface area contributed by atoms with Gasteiger partial charge in [0.2, 0.25) is 0 Å². The topological polar surface area (TPSA) is 58.6 Å². The lowest BCUT2D eigenvalue weighted by molar-refractivity contribution is 0.112. The molecule has 0 spiro atoms. The number of carbonyl (C=O) groups excluding carboxylic acids is 1. The minimum Gasteiger partial charge on any atom is -0.298 e.